The molecule has 0 radical (unpaired) electrons. The zero-order valence-electron chi connectivity index (χ0n) is 7.59. The highest BCUT2D eigenvalue weighted by molar-refractivity contribution is 5.81. The Morgan fingerprint density at radius 3 is 2.86 bits per heavy atom. The van der Waals surface area contributed by atoms with Crippen molar-refractivity contribution in [1.82, 2.24) is 10.9 Å². The standard InChI is InChI=1S/C10H11FN2O/c11-13-10(14)9-5-7-3-1-2-4-8(7)6-12-9/h1-4,9,12H,5-6H2,(H,13,14). The number of benzene rings is 1. The Labute approximate surface area is 81.2 Å². The van der Waals surface area contributed by atoms with E-state index in [4.69, 9.17) is 0 Å². The molecule has 1 heterocycles. The van der Waals surface area contributed by atoms with Gasteiger partial charge in [0.15, 0.2) is 0 Å². The van der Waals surface area contributed by atoms with Crippen LogP contribution in [-0.4, -0.2) is 11.9 Å². The van der Waals surface area contributed by atoms with Gasteiger partial charge in [-0.1, -0.05) is 24.3 Å². The lowest BCUT2D eigenvalue weighted by atomic mass is 9.96. The molecule has 74 valence electrons. The molecule has 1 aromatic carbocycles. The number of nitrogens with one attached hydrogen (secondary N) is 2. The number of amides is 1. The summed E-state index contributed by atoms with van der Waals surface area (Å²) in [6.07, 6.45) is 0.548. The summed E-state index contributed by atoms with van der Waals surface area (Å²) in [6.45, 7) is 0.619. The van der Waals surface area contributed by atoms with Crippen LogP contribution in [-0.2, 0) is 17.8 Å². The average Bonchev–Trinajstić information content (AvgIpc) is 2.27. The van der Waals surface area contributed by atoms with Crippen LogP contribution >= 0.6 is 0 Å². The molecular formula is C10H11FN2O. The monoisotopic (exact) mass is 194 g/mol. The summed E-state index contributed by atoms with van der Waals surface area (Å²) in [5.41, 5.74) is 3.45. The minimum Gasteiger partial charge on any atom is -0.301 e. The van der Waals surface area contributed by atoms with Crippen molar-refractivity contribution in [3.05, 3.63) is 35.4 Å². The summed E-state index contributed by atoms with van der Waals surface area (Å²) in [5, 5.41) is 2.97. The fraction of sp³-hybridized carbons (Fsp3) is 0.300. The maximum atomic E-state index is 11.9. The predicted octanol–water partition coefficient (Wildman–Crippen LogP) is 0.702. The van der Waals surface area contributed by atoms with Gasteiger partial charge >= 0.3 is 0 Å². The first-order valence-electron chi connectivity index (χ1n) is 4.52. The van der Waals surface area contributed by atoms with Crippen molar-refractivity contribution < 1.29 is 9.28 Å². The maximum absolute atomic E-state index is 11.9. The maximum Gasteiger partial charge on any atom is 0.265 e. The topological polar surface area (TPSA) is 41.1 Å². The van der Waals surface area contributed by atoms with E-state index >= 15 is 0 Å². The van der Waals surface area contributed by atoms with Gasteiger partial charge in [-0.3, -0.25) is 4.79 Å². The first-order valence-corrected chi connectivity index (χ1v) is 4.52. The van der Waals surface area contributed by atoms with Gasteiger partial charge in [0.1, 0.15) is 0 Å². The van der Waals surface area contributed by atoms with Gasteiger partial charge in [0.2, 0.25) is 0 Å². The van der Waals surface area contributed by atoms with E-state index < -0.39 is 11.9 Å². The Kier molecular flexibility index (Phi) is 2.45. The summed E-state index contributed by atoms with van der Waals surface area (Å²) < 4.78 is 11.9. The molecule has 1 atom stereocenters. The molecule has 0 aromatic heterocycles. The Morgan fingerprint density at radius 1 is 1.43 bits per heavy atom. The summed E-state index contributed by atoms with van der Waals surface area (Å²) in [7, 11) is 0. The van der Waals surface area contributed by atoms with Crippen molar-refractivity contribution in [1.29, 1.82) is 0 Å². The van der Waals surface area contributed by atoms with E-state index in [2.05, 4.69) is 5.32 Å². The number of carbonyl (C=O) groups is 1. The molecule has 0 saturated heterocycles. The highest BCUT2D eigenvalue weighted by atomic mass is 19.2. The smallest absolute Gasteiger partial charge is 0.265 e. The SMILES string of the molecule is O=C(NF)C1Cc2ccccc2CN1. The summed E-state index contributed by atoms with van der Waals surface area (Å²) in [6, 6.07) is 7.40. The quantitative estimate of drug-likeness (QED) is 0.646. The van der Waals surface area contributed by atoms with Crippen molar-refractivity contribution in [3.63, 3.8) is 0 Å². The van der Waals surface area contributed by atoms with Crippen molar-refractivity contribution in [3.8, 4) is 0 Å². The van der Waals surface area contributed by atoms with E-state index in [0.717, 1.165) is 11.1 Å². The molecule has 2 N–H and O–H groups in total. The van der Waals surface area contributed by atoms with Gasteiger partial charge < -0.3 is 5.32 Å². The molecule has 4 heteroatoms. The summed E-state index contributed by atoms with van der Waals surface area (Å²) in [5.74, 6) is -0.598. The molecule has 1 aromatic rings. The minimum absolute atomic E-state index is 0.449. The second-order valence-corrected chi connectivity index (χ2v) is 3.37. The number of halogens is 1. The van der Waals surface area contributed by atoms with Crippen LogP contribution < -0.4 is 10.9 Å². The van der Waals surface area contributed by atoms with E-state index in [1.165, 1.54) is 5.56 Å². The van der Waals surface area contributed by atoms with Crippen molar-refractivity contribution >= 4 is 5.91 Å². The van der Waals surface area contributed by atoms with Crippen molar-refractivity contribution in [2.45, 2.75) is 19.0 Å². The van der Waals surface area contributed by atoms with Gasteiger partial charge in [-0.2, -0.15) is 5.54 Å². The van der Waals surface area contributed by atoms with Crippen molar-refractivity contribution in [2.24, 2.45) is 0 Å². The van der Waals surface area contributed by atoms with Crippen LogP contribution in [0.15, 0.2) is 24.3 Å². The van der Waals surface area contributed by atoms with Crippen LogP contribution in [0.2, 0.25) is 0 Å². The Balaban J connectivity index is 2.17. The van der Waals surface area contributed by atoms with Crippen LogP contribution in [0.1, 0.15) is 11.1 Å². The Morgan fingerprint density at radius 2 is 2.14 bits per heavy atom. The minimum atomic E-state index is -0.598. The fourth-order valence-corrected chi connectivity index (χ4v) is 1.71. The van der Waals surface area contributed by atoms with Crippen LogP contribution in [0.3, 0.4) is 0 Å². The van der Waals surface area contributed by atoms with E-state index in [9.17, 15) is 9.28 Å². The van der Waals surface area contributed by atoms with E-state index in [1.54, 1.807) is 0 Å². The van der Waals surface area contributed by atoms with Crippen LogP contribution in [0.25, 0.3) is 0 Å². The lowest BCUT2D eigenvalue weighted by Crippen LogP contribution is -2.45. The molecular weight excluding hydrogens is 183 g/mol. The van der Waals surface area contributed by atoms with Gasteiger partial charge in [0.05, 0.1) is 6.04 Å². The predicted molar refractivity (Wildman–Crippen MR) is 50.0 cm³/mol. The molecule has 14 heavy (non-hydrogen) atoms. The highest BCUT2D eigenvalue weighted by Gasteiger charge is 2.23. The van der Waals surface area contributed by atoms with Crippen LogP contribution in [0, 0.1) is 0 Å². The fourth-order valence-electron chi connectivity index (χ4n) is 1.71. The first kappa shape index (κ1) is 9.15. The number of hydrogen-bond donors (Lipinski definition) is 2. The third-order valence-electron chi connectivity index (χ3n) is 2.49. The van der Waals surface area contributed by atoms with Gasteiger partial charge in [-0.05, 0) is 17.5 Å². The molecule has 2 rings (SSSR count). The van der Waals surface area contributed by atoms with Gasteiger partial charge in [-0.25, -0.2) is 0 Å². The third kappa shape index (κ3) is 1.61. The van der Waals surface area contributed by atoms with Crippen LogP contribution in [0.4, 0.5) is 4.48 Å². The van der Waals surface area contributed by atoms with Gasteiger partial charge in [-0.15, -0.1) is 4.48 Å². The Bertz CT molecular complexity index is 354. The summed E-state index contributed by atoms with van der Waals surface area (Å²) >= 11 is 0. The first-order chi connectivity index (χ1) is 6.81. The lowest BCUT2D eigenvalue weighted by molar-refractivity contribution is -0.127. The molecule has 0 bridgehead atoms. The molecule has 1 amide bonds. The number of rotatable bonds is 1. The normalized spacial score (nSPS) is 19.9. The number of fused-ring (bicyclic) bond motifs is 1. The molecule has 0 aliphatic carbocycles. The van der Waals surface area contributed by atoms with E-state index in [-0.39, 0.29) is 0 Å². The molecule has 1 unspecified atom stereocenters. The highest BCUT2D eigenvalue weighted by Crippen LogP contribution is 2.15. The second-order valence-electron chi connectivity index (χ2n) is 3.37. The van der Waals surface area contributed by atoms with E-state index in [1.807, 2.05) is 24.3 Å². The third-order valence-corrected chi connectivity index (χ3v) is 2.49. The zero-order chi connectivity index (χ0) is 9.97. The van der Waals surface area contributed by atoms with Gasteiger partial charge in [0, 0.05) is 6.54 Å². The zero-order valence-corrected chi connectivity index (χ0v) is 7.59. The van der Waals surface area contributed by atoms with Gasteiger partial charge in [0.25, 0.3) is 5.91 Å². The molecule has 0 saturated carbocycles. The second kappa shape index (κ2) is 3.75. The summed E-state index contributed by atoms with van der Waals surface area (Å²) in [4.78, 5) is 11.0. The Hall–Kier alpha value is -1.42. The molecule has 3 nitrogen and oxygen atoms in total. The van der Waals surface area contributed by atoms with E-state index in [0.29, 0.717) is 13.0 Å². The molecule has 0 spiro atoms. The average molecular weight is 194 g/mol. The number of carbonyl (C=O) groups excluding carboxylic acids is 1. The molecule has 1 aliphatic heterocycles. The lowest BCUT2D eigenvalue weighted by Gasteiger charge is -2.23. The largest absolute Gasteiger partial charge is 0.301 e. The van der Waals surface area contributed by atoms with Crippen molar-refractivity contribution in [2.75, 3.05) is 0 Å². The number of hydrogen-bond acceptors (Lipinski definition) is 2. The molecule has 1 aliphatic rings. The molecule has 0 fully saturated rings. The van der Waals surface area contributed by atoms with Crippen LogP contribution in [0.5, 0.6) is 0 Å².